The Morgan fingerprint density at radius 3 is 2.07 bits per heavy atom. The molecule has 0 saturated heterocycles. The van der Waals surface area contributed by atoms with Crippen LogP contribution in [0, 0.1) is 0 Å². The number of benzene rings is 2. The topological polar surface area (TPSA) is 64.1 Å². The zero-order valence-electron chi connectivity index (χ0n) is 14.9. The molecule has 0 radical (unpaired) electrons. The number of hydrogen-bond acceptors (Lipinski definition) is 5. The van der Waals surface area contributed by atoms with Crippen molar-refractivity contribution in [2.24, 2.45) is 0 Å². The van der Waals surface area contributed by atoms with Crippen LogP contribution in [0.3, 0.4) is 0 Å². The van der Waals surface area contributed by atoms with E-state index in [1.807, 2.05) is 60.7 Å². The Labute approximate surface area is 163 Å². The molecule has 2 aromatic carbocycles. The lowest BCUT2D eigenvalue weighted by atomic mass is 9.97. The molecule has 1 unspecified atom stereocenters. The first-order valence-corrected chi connectivity index (χ1v) is 9.07. The minimum absolute atomic E-state index is 0.223. The largest absolute Gasteiger partial charge is 0.465 e. The fourth-order valence-electron chi connectivity index (χ4n) is 2.81. The van der Waals surface area contributed by atoms with E-state index in [1.165, 1.54) is 12.4 Å². The fourth-order valence-corrected chi connectivity index (χ4v) is 2.91. The molecule has 1 aromatic heterocycles. The average molecular weight is 382 g/mol. The van der Waals surface area contributed by atoms with E-state index >= 15 is 0 Å². The number of nitrogens with one attached hydrogen (secondary N) is 1. The van der Waals surface area contributed by atoms with E-state index < -0.39 is 12.0 Å². The van der Waals surface area contributed by atoms with Crippen molar-refractivity contribution in [3.63, 3.8) is 0 Å². The average Bonchev–Trinajstić information content (AvgIpc) is 2.71. The van der Waals surface area contributed by atoms with Crippen molar-refractivity contribution in [1.29, 1.82) is 0 Å². The second kappa shape index (κ2) is 9.26. The van der Waals surface area contributed by atoms with Crippen molar-refractivity contribution in [3.05, 3.63) is 95.0 Å². The molecule has 27 heavy (non-hydrogen) atoms. The maximum atomic E-state index is 12.6. The van der Waals surface area contributed by atoms with E-state index in [0.717, 1.165) is 11.1 Å². The summed E-state index contributed by atoms with van der Waals surface area (Å²) in [6, 6.07) is 18.8. The lowest BCUT2D eigenvalue weighted by molar-refractivity contribution is -0.146. The normalized spacial score (nSPS) is 12.0. The Kier molecular flexibility index (Phi) is 6.52. The molecule has 0 aliphatic carbocycles. The minimum atomic E-state index is -0.778. The van der Waals surface area contributed by atoms with Crippen LogP contribution in [0.4, 0.5) is 0 Å². The maximum absolute atomic E-state index is 12.6. The summed E-state index contributed by atoms with van der Waals surface area (Å²) in [7, 11) is 0. The summed E-state index contributed by atoms with van der Waals surface area (Å²) in [6.07, 6.45) is 2.91. The van der Waals surface area contributed by atoms with Crippen molar-refractivity contribution in [1.82, 2.24) is 15.3 Å². The highest BCUT2D eigenvalue weighted by Crippen LogP contribution is 2.26. The second-order valence-electron chi connectivity index (χ2n) is 5.87. The standard InChI is InChI=1S/C21H20ClN3O2/c1-2-27-21(26)20(17-13-24-18(22)14-23-17)25-19(15-9-5-3-6-10-15)16-11-7-4-8-12-16/h3-14,19-20,25H,2H2,1H3. The number of carbonyl (C=O) groups is 1. The van der Waals surface area contributed by atoms with Crippen molar-refractivity contribution >= 4 is 17.6 Å². The van der Waals surface area contributed by atoms with Crippen LogP contribution in [0.15, 0.2) is 73.1 Å². The number of ether oxygens (including phenoxy) is 1. The van der Waals surface area contributed by atoms with E-state index in [9.17, 15) is 4.79 Å². The highest BCUT2D eigenvalue weighted by atomic mass is 35.5. The van der Waals surface area contributed by atoms with E-state index in [2.05, 4.69) is 15.3 Å². The molecule has 0 saturated carbocycles. The molecule has 1 atom stereocenters. The van der Waals surface area contributed by atoms with E-state index in [4.69, 9.17) is 16.3 Å². The van der Waals surface area contributed by atoms with Gasteiger partial charge < -0.3 is 4.74 Å². The number of nitrogens with zero attached hydrogens (tertiary/aromatic N) is 2. The number of rotatable bonds is 7. The van der Waals surface area contributed by atoms with Gasteiger partial charge >= 0.3 is 5.97 Å². The number of carbonyl (C=O) groups excluding carboxylic acids is 1. The smallest absolute Gasteiger partial charge is 0.329 e. The molecule has 1 N–H and O–H groups in total. The van der Waals surface area contributed by atoms with E-state index in [-0.39, 0.29) is 17.8 Å². The lowest BCUT2D eigenvalue weighted by Crippen LogP contribution is -2.34. The summed E-state index contributed by atoms with van der Waals surface area (Å²) in [5.74, 6) is -0.411. The third-order valence-corrected chi connectivity index (χ3v) is 4.25. The summed E-state index contributed by atoms with van der Waals surface area (Å²) >= 11 is 5.84. The summed E-state index contributed by atoms with van der Waals surface area (Å²) in [4.78, 5) is 21.0. The highest BCUT2D eigenvalue weighted by Gasteiger charge is 2.28. The number of halogens is 1. The molecule has 138 valence electrons. The van der Waals surface area contributed by atoms with Crippen LogP contribution in [0.1, 0.15) is 35.8 Å². The SMILES string of the molecule is CCOC(=O)C(NC(c1ccccc1)c1ccccc1)c1cnc(Cl)cn1. The van der Waals surface area contributed by atoms with Gasteiger partial charge in [0.15, 0.2) is 6.04 Å². The molecule has 0 aliphatic rings. The van der Waals surface area contributed by atoms with Gasteiger partial charge in [-0.3, -0.25) is 10.3 Å². The summed E-state index contributed by atoms with van der Waals surface area (Å²) in [5, 5.41) is 3.65. The zero-order chi connectivity index (χ0) is 19.1. The molecular formula is C21H20ClN3O2. The van der Waals surface area contributed by atoms with Gasteiger partial charge in [0.25, 0.3) is 0 Å². The molecule has 5 nitrogen and oxygen atoms in total. The van der Waals surface area contributed by atoms with Crippen molar-refractivity contribution in [2.75, 3.05) is 6.61 Å². The molecule has 0 bridgehead atoms. The molecule has 0 spiro atoms. The van der Waals surface area contributed by atoms with Gasteiger partial charge in [-0.1, -0.05) is 72.3 Å². The highest BCUT2D eigenvalue weighted by molar-refractivity contribution is 6.29. The predicted octanol–water partition coefficient (Wildman–Crippen LogP) is 4.11. The Hall–Kier alpha value is -2.76. The minimum Gasteiger partial charge on any atom is -0.465 e. The van der Waals surface area contributed by atoms with Crippen LogP contribution in [0.5, 0.6) is 0 Å². The van der Waals surface area contributed by atoms with Crippen LogP contribution in [-0.4, -0.2) is 22.5 Å². The molecule has 0 aliphatic heterocycles. The Morgan fingerprint density at radius 2 is 1.59 bits per heavy atom. The Balaban J connectivity index is 1.99. The molecule has 1 heterocycles. The first kappa shape index (κ1) is 19.0. The van der Waals surface area contributed by atoms with Gasteiger partial charge in [-0.15, -0.1) is 0 Å². The third kappa shape index (κ3) is 4.90. The van der Waals surface area contributed by atoms with Gasteiger partial charge in [-0.2, -0.15) is 0 Å². The van der Waals surface area contributed by atoms with Gasteiger partial charge in [0, 0.05) is 0 Å². The zero-order valence-corrected chi connectivity index (χ0v) is 15.6. The molecule has 0 amide bonds. The van der Waals surface area contributed by atoms with Gasteiger partial charge in [0.1, 0.15) is 5.15 Å². The molecule has 3 aromatic rings. The van der Waals surface area contributed by atoms with E-state index in [1.54, 1.807) is 6.92 Å². The maximum Gasteiger partial charge on any atom is 0.329 e. The summed E-state index contributed by atoms with van der Waals surface area (Å²) < 4.78 is 5.26. The van der Waals surface area contributed by atoms with Crippen LogP contribution in [0.25, 0.3) is 0 Å². The monoisotopic (exact) mass is 381 g/mol. The van der Waals surface area contributed by atoms with Gasteiger partial charge in [0.05, 0.1) is 30.7 Å². The Bertz CT molecular complexity index is 818. The third-order valence-electron chi connectivity index (χ3n) is 4.06. The Morgan fingerprint density at radius 1 is 1.00 bits per heavy atom. The second-order valence-corrected chi connectivity index (χ2v) is 6.26. The fraction of sp³-hybridized carbons (Fsp3) is 0.190. The summed E-state index contributed by atoms with van der Waals surface area (Å²) in [6.45, 7) is 2.05. The van der Waals surface area contributed by atoms with Crippen molar-refractivity contribution in [3.8, 4) is 0 Å². The van der Waals surface area contributed by atoms with Crippen LogP contribution >= 0.6 is 11.6 Å². The predicted molar refractivity (Wildman–Crippen MR) is 104 cm³/mol. The van der Waals surface area contributed by atoms with Crippen LogP contribution < -0.4 is 5.32 Å². The van der Waals surface area contributed by atoms with Crippen molar-refractivity contribution < 1.29 is 9.53 Å². The number of hydrogen-bond donors (Lipinski definition) is 1. The first-order valence-electron chi connectivity index (χ1n) is 8.69. The van der Waals surface area contributed by atoms with E-state index in [0.29, 0.717) is 5.69 Å². The van der Waals surface area contributed by atoms with Gasteiger partial charge in [-0.05, 0) is 18.1 Å². The van der Waals surface area contributed by atoms with Gasteiger partial charge in [-0.25, -0.2) is 9.78 Å². The summed E-state index contributed by atoms with van der Waals surface area (Å²) in [5.41, 5.74) is 2.51. The molecule has 0 fully saturated rings. The number of esters is 1. The van der Waals surface area contributed by atoms with Gasteiger partial charge in [0.2, 0.25) is 0 Å². The lowest BCUT2D eigenvalue weighted by Gasteiger charge is -2.25. The van der Waals surface area contributed by atoms with Crippen molar-refractivity contribution in [2.45, 2.75) is 19.0 Å². The molecule has 3 rings (SSSR count). The number of aromatic nitrogens is 2. The quantitative estimate of drug-likeness (QED) is 0.624. The molecule has 6 heteroatoms. The molecular weight excluding hydrogens is 362 g/mol. The van der Waals surface area contributed by atoms with Crippen LogP contribution in [0.2, 0.25) is 5.15 Å². The van der Waals surface area contributed by atoms with Crippen LogP contribution in [-0.2, 0) is 9.53 Å². The first-order chi connectivity index (χ1) is 13.2.